The summed E-state index contributed by atoms with van der Waals surface area (Å²) in [4.78, 5) is 0. The summed E-state index contributed by atoms with van der Waals surface area (Å²) < 4.78 is 13.8. The van der Waals surface area contributed by atoms with Gasteiger partial charge in [-0.3, -0.25) is 0 Å². The highest BCUT2D eigenvalue weighted by atomic mass is 79.9. The first-order valence-electron chi connectivity index (χ1n) is 4.30. The fraction of sp³-hybridized carbons (Fsp3) is 0.778. The van der Waals surface area contributed by atoms with Crippen molar-refractivity contribution in [3.05, 3.63) is 10.6 Å². The maximum atomic E-state index is 13.1. The molecule has 0 N–H and O–H groups in total. The first kappa shape index (κ1) is 9.24. The van der Waals surface area contributed by atoms with Gasteiger partial charge in [0.1, 0.15) is 6.17 Å². The maximum Gasteiger partial charge on any atom is 0.131 e. The molecule has 1 atom stereocenters. The van der Waals surface area contributed by atoms with Crippen LogP contribution in [0.4, 0.5) is 4.39 Å². The molecule has 0 aliphatic heterocycles. The maximum absolute atomic E-state index is 13.1. The highest BCUT2D eigenvalue weighted by molar-refractivity contribution is 9.11. The second kappa shape index (κ2) is 4.91. The summed E-state index contributed by atoms with van der Waals surface area (Å²) >= 11 is 3.26. The Labute approximate surface area is 76.0 Å². The van der Waals surface area contributed by atoms with Crippen molar-refractivity contribution in [3.8, 4) is 0 Å². The van der Waals surface area contributed by atoms with Crippen molar-refractivity contribution in [3.63, 3.8) is 0 Å². The largest absolute Gasteiger partial charge is 0.242 e. The van der Waals surface area contributed by atoms with Crippen molar-refractivity contribution >= 4 is 15.9 Å². The highest BCUT2D eigenvalue weighted by Gasteiger charge is 2.10. The van der Waals surface area contributed by atoms with E-state index in [2.05, 4.69) is 15.9 Å². The molecule has 11 heavy (non-hydrogen) atoms. The molecule has 0 fully saturated rings. The summed E-state index contributed by atoms with van der Waals surface area (Å²) in [5.41, 5.74) is 0. The van der Waals surface area contributed by atoms with E-state index >= 15 is 0 Å². The predicted octanol–water partition coefficient (Wildman–Crippen LogP) is 3.96. The van der Waals surface area contributed by atoms with Gasteiger partial charge in [-0.15, -0.1) is 0 Å². The Morgan fingerprint density at radius 2 is 2.00 bits per heavy atom. The lowest BCUT2D eigenvalue weighted by Gasteiger charge is -2.04. The van der Waals surface area contributed by atoms with E-state index < -0.39 is 6.17 Å². The normalized spacial score (nSPS) is 32.9. The first-order valence-corrected chi connectivity index (χ1v) is 5.09. The summed E-state index contributed by atoms with van der Waals surface area (Å²) in [7, 11) is 0. The van der Waals surface area contributed by atoms with E-state index in [0.29, 0.717) is 6.42 Å². The van der Waals surface area contributed by atoms with Crippen LogP contribution in [-0.2, 0) is 0 Å². The molecule has 0 aromatic carbocycles. The van der Waals surface area contributed by atoms with Crippen molar-refractivity contribution in [2.45, 2.75) is 44.7 Å². The van der Waals surface area contributed by atoms with Gasteiger partial charge < -0.3 is 0 Å². The Morgan fingerprint density at radius 1 is 1.27 bits per heavy atom. The third-order valence-electron chi connectivity index (χ3n) is 2.05. The molecular formula is C9H14BrF. The third-order valence-corrected chi connectivity index (χ3v) is 2.87. The van der Waals surface area contributed by atoms with Crippen LogP contribution in [0.2, 0.25) is 0 Å². The average Bonchev–Trinajstić information content (AvgIpc) is 2.07. The zero-order chi connectivity index (χ0) is 8.10. The first-order chi connectivity index (χ1) is 5.30. The van der Waals surface area contributed by atoms with Gasteiger partial charge in [-0.1, -0.05) is 41.3 Å². The monoisotopic (exact) mass is 220 g/mol. The molecule has 0 amide bonds. The molecule has 1 aliphatic carbocycles. The summed E-state index contributed by atoms with van der Waals surface area (Å²) in [6.07, 6.45) is 7.64. The van der Waals surface area contributed by atoms with Crippen LogP contribution >= 0.6 is 15.9 Å². The molecule has 0 nitrogen and oxygen atoms in total. The molecule has 1 rings (SSSR count). The highest BCUT2D eigenvalue weighted by Crippen LogP contribution is 2.23. The standard InChI is InChI=1S/C9H14BrF/c10-8-6-4-2-1-3-5-7-9(8)11/h6,9H,1-5,7H2/b8-6-/t9-/m0/s1. The minimum atomic E-state index is -0.743. The zero-order valence-electron chi connectivity index (χ0n) is 6.65. The topological polar surface area (TPSA) is 0 Å². The number of hydrogen-bond acceptors (Lipinski definition) is 0. The van der Waals surface area contributed by atoms with Gasteiger partial charge in [0.15, 0.2) is 0 Å². The van der Waals surface area contributed by atoms with Gasteiger partial charge in [-0.2, -0.15) is 0 Å². The van der Waals surface area contributed by atoms with E-state index in [9.17, 15) is 4.39 Å². The van der Waals surface area contributed by atoms with Crippen molar-refractivity contribution in [1.29, 1.82) is 0 Å². The second-order valence-corrected chi connectivity index (χ2v) is 3.96. The van der Waals surface area contributed by atoms with Crippen LogP contribution in [0.25, 0.3) is 0 Å². The molecule has 0 aromatic rings. The third kappa shape index (κ3) is 3.37. The van der Waals surface area contributed by atoms with Gasteiger partial charge in [0.05, 0.1) is 0 Å². The molecule has 0 aromatic heterocycles. The number of rotatable bonds is 0. The molecule has 64 valence electrons. The summed E-state index contributed by atoms with van der Waals surface area (Å²) in [6.45, 7) is 0. The van der Waals surface area contributed by atoms with Crippen molar-refractivity contribution < 1.29 is 4.39 Å². The van der Waals surface area contributed by atoms with Gasteiger partial charge in [0.2, 0.25) is 0 Å². The van der Waals surface area contributed by atoms with Gasteiger partial charge in [0.25, 0.3) is 0 Å². The Balaban J connectivity index is 2.44. The van der Waals surface area contributed by atoms with E-state index in [1.807, 2.05) is 6.08 Å². The Bertz CT molecular complexity index is 142. The molecule has 0 heterocycles. The summed E-state index contributed by atoms with van der Waals surface area (Å²) in [5.74, 6) is 0. The Morgan fingerprint density at radius 3 is 2.82 bits per heavy atom. The van der Waals surface area contributed by atoms with E-state index in [4.69, 9.17) is 0 Å². The summed E-state index contributed by atoms with van der Waals surface area (Å²) in [5, 5.41) is 0. The molecule has 0 unspecified atom stereocenters. The van der Waals surface area contributed by atoms with Crippen LogP contribution in [0.5, 0.6) is 0 Å². The molecule has 1 aliphatic rings. The molecule has 0 saturated carbocycles. The van der Waals surface area contributed by atoms with E-state index in [1.54, 1.807) is 0 Å². The summed E-state index contributed by atoms with van der Waals surface area (Å²) in [6, 6.07) is 0. The van der Waals surface area contributed by atoms with Crippen molar-refractivity contribution in [2.75, 3.05) is 0 Å². The van der Waals surface area contributed by atoms with Gasteiger partial charge in [-0.05, 0) is 19.3 Å². The minimum Gasteiger partial charge on any atom is -0.242 e. The Kier molecular flexibility index (Phi) is 4.13. The molecule has 0 bridgehead atoms. The van der Waals surface area contributed by atoms with Gasteiger partial charge in [-0.25, -0.2) is 4.39 Å². The minimum absolute atomic E-state index is 0.692. The van der Waals surface area contributed by atoms with Crippen molar-refractivity contribution in [1.82, 2.24) is 0 Å². The van der Waals surface area contributed by atoms with Crippen LogP contribution in [-0.4, -0.2) is 6.17 Å². The van der Waals surface area contributed by atoms with Crippen LogP contribution in [0, 0.1) is 0 Å². The number of halogens is 2. The number of allylic oxidation sites excluding steroid dienone is 2. The lowest BCUT2D eigenvalue weighted by molar-refractivity contribution is 0.363. The average molecular weight is 221 g/mol. The van der Waals surface area contributed by atoms with E-state index in [0.717, 1.165) is 17.3 Å². The molecule has 0 radical (unpaired) electrons. The quantitative estimate of drug-likeness (QED) is 0.580. The fourth-order valence-corrected chi connectivity index (χ4v) is 1.78. The molecule has 0 spiro atoms. The SMILES string of the molecule is F[C@H]1CCCCCC/C=C/1Br. The number of hydrogen-bond donors (Lipinski definition) is 0. The van der Waals surface area contributed by atoms with Crippen molar-refractivity contribution in [2.24, 2.45) is 0 Å². The number of alkyl halides is 1. The predicted molar refractivity (Wildman–Crippen MR) is 49.6 cm³/mol. The lowest BCUT2D eigenvalue weighted by Crippen LogP contribution is -1.98. The smallest absolute Gasteiger partial charge is 0.131 e. The van der Waals surface area contributed by atoms with Crippen LogP contribution < -0.4 is 0 Å². The van der Waals surface area contributed by atoms with Gasteiger partial charge >= 0.3 is 0 Å². The second-order valence-electron chi connectivity index (χ2n) is 3.05. The van der Waals surface area contributed by atoms with Crippen LogP contribution in [0.1, 0.15) is 38.5 Å². The molecular weight excluding hydrogens is 207 g/mol. The van der Waals surface area contributed by atoms with E-state index in [1.165, 1.54) is 19.3 Å². The van der Waals surface area contributed by atoms with E-state index in [-0.39, 0.29) is 0 Å². The Hall–Kier alpha value is 0.150. The van der Waals surface area contributed by atoms with Crippen LogP contribution in [0.15, 0.2) is 10.6 Å². The van der Waals surface area contributed by atoms with Gasteiger partial charge in [0, 0.05) is 4.48 Å². The molecule has 0 saturated heterocycles. The van der Waals surface area contributed by atoms with Crippen LogP contribution in [0.3, 0.4) is 0 Å². The molecule has 2 heteroatoms. The fourth-order valence-electron chi connectivity index (χ4n) is 1.33. The lowest BCUT2D eigenvalue weighted by atomic mass is 10.1. The zero-order valence-corrected chi connectivity index (χ0v) is 8.24.